The van der Waals surface area contributed by atoms with E-state index < -0.39 is 16.8 Å². The Balaban J connectivity index is 1.73. The van der Waals surface area contributed by atoms with E-state index in [1.807, 2.05) is 7.05 Å². The summed E-state index contributed by atoms with van der Waals surface area (Å²) in [5.41, 5.74) is 0. The zero-order chi connectivity index (χ0) is 16.6. The fourth-order valence-electron chi connectivity index (χ4n) is 2.98. The summed E-state index contributed by atoms with van der Waals surface area (Å²) in [5.74, 6) is 0.874. The Bertz CT molecular complexity index is 651. The molecule has 2 saturated heterocycles. The van der Waals surface area contributed by atoms with Gasteiger partial charge in [0.05, 0.1) is 12.1 Å². The van der Waals surface area contributed by atoms with Gasteiger partial charge in [0, 0.05) is 19.5 Å². The van der Waals surface area contributed by atoms with E-state index in [-0.39, 0.29) is 12.1 Å². The third-order valence-corrected chi connectivity index (χ3v) is 4.38. The van der Waals surface area contributed by atoms with E-state index in [9.17, 15) is 13.5 Å². The van der Waals surface area contributed by atoms with Crippen LogP contribution in [0, 0.1) is 0 Å². The van der Waals surface area contributed by atoms with E-state index in [0.717, 1.165) is 5.06 Å². The molecule has 2 fully saturated rings. The van der Waals surface area contributed by atoms with Crippen LogP contribution in [0.5, 0.6) is 0 Å². The third-order valence-electron chi connectivity index (χ3n) is 4.02. The van der Waals surface area contributed by atoms with Gasteiger partial charge >= 0.3 is 10.4 Å². The molecule has 1 aromatic rings. The highest BCUT2D eigenvalue weighted by Gasteiger charge is 2.49. The smallest absolute Gasteiger partial charge is 0.413 e. The molecule has 23 heavy (non-hydrogen) atoms. The van der Waals surface area contributed by atoms with Crippen LogP contribution in [-0.2, 0) is 21.1 Å². The fraction of sp³-hybridized carbons (Fsp3) is 0.818. The van der Waals surface area contributed by atoms with Crippen molar-refractivity contribution in [2.75, 3.05) is 20.1 Å². The highest BCUT2D eigenvalue weighted by molar-refractivity contribution is 7.80. The van der Waals surface area contributed by atoms with Gasteiger partial charge in [-0.3, -0.25) is 9.45 Å². The van der Waals surface area contributed by atoms with Crippen molar-refractivity contribution in [2.45, 2.75) is 37.7 Å². The van der Waals surface area contributed by atoms with Crippen LogP contribution in [-0.4, -0.2) is 70.8 Å². The molecule has 3 N–H and O–H groups in total. The Hall–Kier alpha value is -1.15. The first-order chi connectivity index (χ1) is 10.9. The average Bonchev–Trinajstić information content (AvgIpc) is 3.04. The van der Waals surface area contributed by atoms with Crippen molar-refractivity contribution in [1.29, 1.82) is 0 Å². The van der Waals surface area contributed by atoms with Crippen LogP contribution in [0.4, 0.5) is 0 Å². The minimum atomic E-state index is -4.69. The number of likely N-dealkylation sites (N-methyl/N-ethyl adjacent to an activating group) is 1. The largest absolute Gasteiger partial charge is 0.424 e. The molecule has 4 unspecified atom stereocenters. The molecule has 11 nitrogen and oxygen atoms in total. The number of nitrogens with one attached hydrogen (secondary N) is 1. The van der Waals surface area contributed by atoms with Crippen LogP contribution in [0.1, 0.15) is 30.7 Å². The lowest BCUT2D eigenvalue weighted by Crippen LogP contribution is -2.40. The molecule has 3 heterocycles. The summed E-state index contributed by atoms with van der Waals surface area (Å²) >= 11 is 0. The van der Waals surface area contributed by atoms with Crippen molar-refractivity contribution in [3.63, 3.8) is 0 Å². The lowest BCUT2D eigenvalue weighted by Gasteiger charge is -2.29. The Labute approximate surface area is 133 Å². The molecule has 2 bridgehead atoms. The van der Waals surface area contributed by atoms with Gasteiger partial charge in [-0.15, -0.1) is 15.3 Å². The first kappa shape index (κ1) is 16.7. The second-order valence-electron chi connectivity index (χ2n) is 5.54. The van der Waals surface area contributed by atoms with Crippen LogP contribution in [0.25, 0.3) is 0 Å². The van der Waals surface area contributed by atoms with Gasteiger partial charge in [0.25, 0.3) is 0 Å². The van der Waals surface area contributed by atoms with Crippen molar-refractivity contribution in [2.24, 2.45) is 0 Å². The van der Waals surface area contributed by atoms with E-state index in [0.29, 0.717) is 44.1 Å². The maximum atomic E-state index is 10.9. The molecule has 130 valence electrons. The number of aliphatic hydroxyl groups is 1. The van der Waals surface area contributed by atoms with Crippen LogP contribution in [0.15, 0.2) is 4.42 Å². The van der Waals surface area contributed by atoms with Crippen molar-refractivity contribution in [1.82, 2.24) is 25.5 Å². The monoisotopic (exact) mass is 349 g/mol. The van der Waals surface area contributed by atoms with Crippen LogP contribution >= 0.6 is 0 Å². The SMILES string of the molecule is CNCCc1nnc(C2CCC3CN2C(O)N3OS(=O)(=O)O)o1. The van der Waals surface area contributed by atoms with Gasteiger partial charge in [-0.1, -0.05) is 0 Å². The molecule has 3 rings (SSSR count). The third kappa shape index (κ3) is 3.52. The molecular weight excluding hydrogens is 330 g/mol. The Kier molecular flexibility index (Phi) is 4.64. The maximum Gasteiger partial charge on any atom is 0.413 e. The number of hydroxylamine groups is 2. The highest BCUT2D eigenvalue weighted by Crippen LogP contribution is 2.39. The van der Waals surface area contributed by atoms with Crippen molar-refractivity contribution < 1.29 is 26.8 Å². The molecule has 1 aromatic heterocycles. The first-order valence-electron chi connectivity index (χ1n) is 7.25. The van der Waals surface area contributed by atoms with Crippen LogP contribution in [0.2, 0.25) is 0 Å². The number of fused-ring (bicyclic) bond motifs is 2. The lowest BCUT2D eigenvalue weighted by atomic mass is 10.0. The molecular formula is C11H19N5O6S. The predicted molar refractivity (Wildman–Crippen MR) is 74.9 cm³/mol. The summed E-state index contributed by atoms with van der Waals surface area (Å²) in [5, 5.41) is 22.1. The number of aliphatic hydroxyl groups excluding tert-OH is 1. The number of aromatic nitrogens is 2. The van der Waals surface area contributed by atoms with Gasteiger partial charge in [-0.25, -0.2) is 0 Å². The summed E-state index contributed by atoms with van der Waals surface area (Å²) in [7, 11) is -2.86. The summed E-state index contributed by atoms with van der Waals surface area (Å²) in [6.07, 6.45) is 0.435. The van der Waals surface area contributed by atoms with Gasteiger partial charge < -0.3 is 14.8 Å². The molecule has 0 amide bonds. The van der Waals surface area contributed by atoms with E-state index >= 15 is 0 Å². The minimum absolute atomic E-state index is 0.327. The van der Waals surface area contributed by atoms with Crippen molar-refractivity contribution >= 4 is 10.4 Å². The van der Waals surface area contributed by atoms with Crippen LogP contribution < -0.4 is 5.32 Å². The first-order valence-corrected chi connectivity index (χ1v) is 8.61. The molecule has 2 aliphatic heterocycles. The van der Waals surface area contributed by atoms with E-state index in [2.05, 4.69) is 19.8 Å². The Morgan fingerprint density at radius 2 is 2.22 bits per heavy atom. The summed E-state index contributed by atoms with van der Waals surface area (Å²) in [4.78, 5) is 1.61. The molecule has 0 spiro atoms. The number of nitrogens with zero attached hydrogens (tertiary/aromatic N) is 4. The lowest BCUT2D eigenvalue weighted by molar-refractivity contribution is -0.201. The standard InChI is InChI=1S/C11H19N5O6S/c1-12-5-4-9-13-14-10(21-9)8-3-2-7-6-15(8)11(17)16(7)22-23(18,19)20/h7-8,11-12,17H,2-6H2,1H3,(H,18,19,20). The van der Waals surface area contributed by atoms with Gasteiger partial charge in [0.15, 0.2) is 6.35 Å². The zero-order valence-corrected chi connectivity index (χ0v) is 13.3. The van der Waals surface area contributed by atoms with Gasteiger partial charge in [0.1, 0.15) is 0 Å². The second kappa shape index (κ2) is 6.39. The van der Waals surface area contributed by atoms with Crippen molar-refractivity contribution in [3.8, 4) is 0 Å². The maximum absolute atomic E-state index is 10.9. The van der Waals surface area contributed by atoms with Crippen molar-refractivity contribution in [3.05, 3.63) is 11.8 Å². The Morgan fingerprint density at radius 3 is 2.91 bits per heavy atom. The van der Waals surface area contributed by atoms with E-state index in [1.54, 1.807) is 4.90 Å². The molecule has 0 aliphatic carbocycles. The van der Waals surface area contributed by atoms with Crippen LogP contribution in [0.3, 0.4) is 0 Å². The van der Waals surface area contributed by atoms with Gasteiger partial charge in [-0.05, 0) is 19.9 Å². The predicted octanol–water partition coefficient (Wildman–Crippen LogP) is -1.34. The summed E-state index contributed by atoms with van der Waals surface area (Å²) in [6, 6.07) is -0.665. The number of hydrogen-bond donors (Lipinski definition) is 3. The molecule has 12 heteroatoms. The number of piperidine rings is 1. The molecule has 4 atom stereocenters. The number of rotatable bonds is 6. The van der Waals surface area contributed by atoms with E-state index in [1.165, 1.54) is 0 Å². The highest BCUT2D eigenvalue weighted by atomic mass is 32.3. The minimum Gasteiger partial charge on any atom is -0.424 e. The Morgan fingerprint density at radius 1 is 1.43 bits per heavy atom. The fourth-order valence-corrected chi connectivity index (χ4v) is 3.40. The topological polar surface area (TPSA) is 141 Å². The molecule has 0 radical (unpaired) electrons. The summed E-state index contributed by atoms with van der Waals surface area (Å²) < 4.78 is 40.7. The molecule has 0 aromatic carbocycles. The zero-order valence-electron chi connectivity index (χ0n) is 12.5. The molecule has 0 saturated carbocycles. The number of hydrogen-bond acceptors (Lipinski definition) is 10. The van der Waals surface area contributed by atoms with Gasteiger partial charge in [-0.2, -0.15) is 12.7 Å². The average molecular weight is 349 g/mol. The van der Waals surface area contributed by atoms with E-state index in [4.69, 9.17) is 8.97 Å². The summed E-state index contributed by atoms with van der Waals surface area (Å²) in [6.45, 7) is 1.08. The second-order valence-corrected chi connectivity index (χ2v) is 6.54. The van der Waals surface area contributed by atoms with Gasteiger partial charge in [0.2, 0.25) is 11.8 Å². The normalized spacial score (nSPS) is 31.6. The quantitative estimate of drug-likeness (QED) is 0.525. The molecule has 2 aliphatic rings.